The summed E-state index contributed by atoms with van der Waals surface area (Å²) in [6.45, 7) is 2.08. The number of anilines is 2. The van der Waals surface area contributed by atoms with Crippen LogP contribution in [0.5, 0.6) is 0 Å². The number of hydrogen-bond acceptors (Lipinski definition) is 3. The van der Waals surface area contributed by atoms with Crippen LogP contribution in [0.3, 0.4) is 0 Å². The highest BCUT2D eigenvalue weighted by atomic mass is 16.2. The first kappa shape index (κ1) is 17.0. The van der Waals surface area contributed by atoms with Crippen molar-refractivity contribution in [2.75, 3.05) is 37.4 Å². The van der Waals surface area contributed by atoms with Gasteiger partial charge in [-0.1, -0.05) is 12.1 Å². The lowest BCUT2D eigenvalue weighted by Crippen LogP contribution is -2.22. The van der Waals surface area contributed by atoms with Gasteiger partial charge in [-0.3, -0.25) is 9.59 Å². The molecule has 0 bridgehead atoms. The second-order valence-corrected chi connectivity index (χ2v) is 6.48. The summed E-state index contributed by atoms with van der Waals surface area (Å²) in [6.07, 6.45) is 2.40. The number of nitrogens with zero attached hydrogens (tertiary/aromatic N) is 2. The first-order chi connectivity index (χ1) is 12.0. The minimum atomic E-state index is -0.171. The minimum absolute atomic E-state index is 0.0906. The number of nitrogens with one attached hydrogen (secondary N) is 1. The normalized spacial score (nSPS) is 13.6. The molecule has 0 atom stereocenters. The Bertz CT molecular complexity index is 780. The van der Waals surface area contributed by atoms with E-state index in [1.165, 1.54) is 17.7 Å². The van der Waals surface area contributed by atoms with Crippen molar-refractivity contribution < 1.29 is 9.59 Å². The molecule has 0 aromatic heterocycles. The zero-order valence-corrected chi connectivity index (χ0v) is 14.7. The third kappa shape index (κ3) is 3.99. The SMILES string of the molecule is CN(C)C(=O)c1cccc(NC(=O)c2cccc(N3CCCC3)c2)c1. The summed E-state index contributed by atoms with van der Waals surface area (Å²) in [5, 5.41) is 2.88. The largest absolute Gasteiger partial charge is 0.372 e. The molecule has 1 N–H and O–H groups in total. The van der Waals surface area contributed by atoms with E-state index < -0.39 is 0 Å². The van der Waals surface area contributed by atoms with Gasteiger partial charge in [-0.2, -0.15) is 0 Å². The Labute approximate surface area is 148 Å². The van der Waals surface area contributed by atoms with Gasteiger partial charge in [0, 0.05) is 49.7 Å². The van der Waals surface area contributed by atoms with Crippen LogP contribution in [0.25, 0.3) is 0 Å². The predicted molar refractivity (Wildman–Crippen MR) is 100 cm³/mol. The van der Waals surface area contributed by atoms with Gasteiger partial charge in [-0.05, 0) is 49.2 Å². The molecule has 2 aromatic rings. The molecule has 1 aliphatic heterocycles. The number of amides is 2. The molecule has 0 saturated carbocycles. The molecule has 0 aliphatic carbocycles. The van der Waals surface area contributed by atoms with Crippen LogP contribution in [-0.2, 0) is 0 Å². The molecule has 5 heteroatoms. The van der Waals surface area contributed by atoms with Crippen molar-refractivity contribution >= 4 is 23.2 Å². The molecule has 1 aliphatic rings. The van der Waals surface area contributed by atoms with E-state index in [-0.39, 0.29) is 11.8 Å². The highest BCUT2D eigenvalue weighted by Gasteiger charge is 2.15. The molecule has 1 fully saturated rings. The van der Waals surface area contributed by atoms with Crippen molar-refractivity contribution in [1.82, 2.24) is 4.90 Å². The van der Waals surface area contributed by atoms with Crippen LogP contribution >= 0.6 is 0 Å². The number of rotatable bonds is 4. The first-order valence-electron chi connectivity index (χ1n) is 8.53. The Morgan fingerprint density at radius 3 is 2.36 bits per heavy atom. The van der Waals surface area contributed by atoms with Gasteiger partial charge >= 0.3 is 0 Å². The maximum atomic E-state index is 12.6. The molecule has 5 nitrogen and oxygen atoms in total. The second kappa shape index (κ2) is 7.38. The lowest BCUT2D eigenvalue weighted by molar-refractivity contribution is 0.0827. The van der Waals surface area contributed by atoms with Crippen molar-refractivity contribution in [2.45, 2.75) is 12.8 Å². The van der Waals surface area contributed by atoms with Crippen molar-refractivity contribution in [1.29, 1.82) is 0 Å². The Morgan fingerprint density at radius 2 is 1.64 bits per heavy atom. The summed E-state index contributed by atoms with van der Waals surface area (Å²) in [4.78, 5) is 28.4. The number of carbonyl (C=O) groups is 2. The molecule has 0 radical (unpaired) electrons. The maximum Gasteiger partial charge on any atom is 0.255 e. The van der Waals surface area contributed by atoms with Crippen LogP contribution in [0.4, 0.5) is 11.4 Å². The third-order valence-corrected chi connectivity index (χ3v) is 4.35. The summed E-state index contributed by atoms with van der Waals surface area (Å²) in [6, 6.07) is 14.7. The van der Waals surface area contributed by atoms with Gasteiger partial charge in [0.25, 0.3) is 11.8 Å². The second-order valence-electron chi connectivity index (χ2n) is 6.48. The van der Waals surface area contributed by atoms with Gasteiger partial charge in [-0.15, -0.1) is 0 Å². The molecule has 25 heavy (non-hydrogen) atoms. The molecule has 0 spiro atoms. The van der Waals surface area contributed by atoms with Gasteiger partial charge in [-0.25, -0.2) is 0 Å². The standard InChI is InChI=1S/C20H23N3O2/c1-22(2)20(25)16-8-5-9-17(13-16)21-19(24)15-7-6-10-18(14-15)23-11-3-4-12-23/h5-10,13-14H,3-4,11-12H2,1-2H3,(H,21,24). The van der Waals surface area contributed by atoms with Crippen molar-refractivity contribution in [3.05, 3.63) is 59.7 Å². The van der Waals surface area contributed by atoms with Gasteiger partial charge in [0.05, 0.1) is 0 Å². The van der Waals surface area contributed by atoms with Crippen LogP contribution in [-0.4, -0.2) is 43.9 Å². The first-order valence-corrected chi connectivity index (χ1v) is 8.53. The molecule has 1 heterocycles. The molecule has 2 amide bonds. The van der Waals surface area contributed by atoms with E-state index in [2.05, 4.69) is 10.2 Å². The Morgan fingerprint density at radius 1 is 0.960 bits per heavy atom. The van der Waals surface area contributed by atoms with E-state index >= 15 is 0 Å². The van der Waals surface area contributed by atoms with Crippen molar-refractivity contribution in [3.8, 4) is 0 Å². The van der Waals surface area contributed by atoms with Crippen LogP contribution in [0.2, 0.25) is 0 Å². The lowest BCUT2D eigenvalue weighted by atomic mass is 10.1. The Balaban J connectivity index is 1.75. The average Bonchev–Trinajstić information content (AvgIpc) is 3.16. The summed E-state index contributed by atoms with van der Waals surface area (Å²) in [7, 11) is 3.41. The van der Waals surface area contributed by atoms with Crippen LogP contribution in [0.1, 0.15) is 33.6 Å². The Kier molecular flexibility index (Phi) is 5.03. The molecular formula is C20H23N3O2. The van der Waals surface area contributed by atoms with Gasteiger partial charge in [0.1, 0.15) is 0 Å². The number of hydrogen-bond donors (Lipinski definition) is 1. The zero-order valence-electron chi connectivity index (χ0n) is 14.7. The summed E-state index contributed by atoms with van der Waals surface area (Å²) >= 11 is 0. The van der Waals surface area contributed by atoms with Crippen LogP contribution in [0, 0.1) is 0 Å². The third-order valence-electron chi connectivity index (χ3n) is 4.35. The van der Waals surface area contributed by atoms with Crippen molar-refractivity contribution in [2.24, 2.45) is 0 Å². The molecular weight excluding hydrogens is 314 g/mol. The molecule has 130 valence electrons. The smallest absolute Gasteiger partial charge is 0.255 e. The van der Waals surface area contributed by atoms with E-state index in [1.54, 1.807) is 38.4 Å². The fourth-order valence-corrected chi connectivity index (χ4v) is 3.01. The van der Waals surface area contributed by atoms with Crippen molar-refractivity contribution in [3.63, 3.8) is 0 Å². The topological polar surface area (TPSA) is 52.7 Å². The highest BCUT2D eigenvalue weighted by Crippen LogP contribution is 2.22. The predicted octanol–water partition coefficient (Wildman–Crippen LogP) is 3.24. The van der Waals surface area contributed by atoms with E-state index in [0.29, 0.717) is 16.8 Å². The lowest BCUT2D eigenvalue weighted by Gasteiger charge is -2.18. The fourth-order valence-electron chi connectivity index (χ4n) is 3.01. The van der Waals surface area contributed by atoms with Gasteiger partial charge < -0.3 is 15.1 Å². The highest BCUT2D eigenvalue weighted by molar-refractivity contribution is 6.05. The van der Waals surface area contributed by atoms with Crippen LogP contribution in [0.15, 0.2) is 48.5 Å². The van der Waals surface area contributed by atoms with Gasteiger partial charge in [0.2, 0.25) is 0 Å². The molecule has 0 unspecified atom stereocenters. The summed E-state index contributed by atoms with van der Waals surface area (Å²) < 4.78 is 0. The number of carbonyl (C=O) groups excluding carboxylic acids is 2. The number of benzene rings is 2. The molecule has 3 rings (SSSR count). The maximum absolute atomic E-state index is 12.6. The average molecular weight is 337 g/mol. The quantitative estimate of drug-likeness (QED) is 0.932. The van der Waals surface area contributed by atoms with E-state index in [9.17, 15) is 9.59 Å². The monoisotopic (exact) mass is 337 g/mol. The van der Waals surface area contributed by atoms with Crippen LogP contribution < -0.4 is 10.2 Å². The minimum Gasteiger partial charge on any atom is -0.372 e. The zero-order chi connectivity index (χ0) is 17.8. The van der Waals surface area contributed by atoms with E-state index in [0.717, 1.165) is 18.8 Å². The fraction of sp³-hybridized carbons (Fsp3) is 0.300. The summed E-state index contributed by atoms with van der Waals surface area (Å²) in [5.74, 6) is -0.261. The molecule has 1 saturated heterocycles. The Hall–Kier alpha value is -2.82. The molecule has 2 aromatic carbocycles. The van der Waals surface area contributed by atoms with Gasteiger partial charge in [0.15, 0.2) is 0 Å². The van der Waals surface area contributed by atoms with E-state index in [1.807, 2.05) is 24.3 Å². The van der Waals surface area contributed by atoms with E-state index in [4.69, 9.17) is 0 Å². The summed E-state index contributed by atoms with van der Waals surface area (Å²) in [5.41, 5.74) is 2.87.